The van der Waals surface area contributed by atoms with Gasteiger partial charge in [0.05, 0.1) is 11.4 Å². The number of nitrogens with one attached hydrogen (secondary N) is 2. The van der Waals surface area contributed by atoms with Crippen molar-refractivity contribution >= 4 is 151 Å². The van der Waals surface area contributed by atoms with Crippen molar-refractivity contribution in [3.05, 3.63) is 138 Å². The summed E-state index contributed by atoms with van der Waals surface area (Å²) in [4.78, 5) is 25.0. The van der Waals surface area contributed by atoms with Crippen LogP contribution in [0.2, 0.25) is 0 Å². The number of benzene rings is 7. The molecule has 0 saturated heterocycles. The number of aromatic hydroxyl groups is 2. The maximum Gasteiger partial charge on any atom is 0.296 e. The highest BCUT2D eigenvalue weighted by molar-refractivity contribution is 9.11. The average molecular weight is 1130 g/mol. The first-order valence-electron chi connectivity index (χ1n) is 17.3. The first-order chi connectivity index (χ1) is 29.3. The van der Waals surface area contributed by atoms with Crippen LogP contribution in [0.1, 0.15) is 20.7 Å². The van der Waals surface area contributed by atoms with Gasteiger partial charge in [0.25, 0.3) is 32.1 Å². The summed E-state index contributed by atoms with van der Waals surface area (Å²) in [5.41, 5.74) is 0.301. The second-order valence-corrected chi connectivity index (χ2v) is 19.4. The second-order valence-electron chi connectivity index (χ2n) is 13.0. The van der Waals surface area contributed by atoms with E-state index >= 15 is 0 Å². The van der Waals surface area contributed by atoms with E-state index in [1.54, 1.807) is 36.4 Å². The molecule has 0 saturated carbocycles. The first-order valence-corrected chi connectivity index (χ1v) is 23.3. The maximum atomic E-state index is 13.2. The Morgan fingerprint density at radius 1 is 0.484 bits per heavy atom. The number of halogens is 4. The molecule has 0 radical (unpaired) electrons. The van der Waals surface area contributed by atoms with Crippen LogP contribution in [0.15, 0.2) is 157 Å². The summed E-state index contributed by atoms with van der Waals surface area (Å²) in [5, 5.41) is 43.9. The van der Waals surface area contributed by atoms with Crippen LogP contribution in [0, 0.1) is 0 Å². The topological polar surface area (TPSA) is 257 Å². The van der Waals surface area contributed by atoms with Crippen LogP contribution in [-0.4, -0.2) is 48.0 Å². The van der Waals surface area contributed by atoms with Gasteiger partial charge in [0.2, 0.25) is 0 Å². The van der Waals surface area contributed by atoms with E-state index in [1.165, 1.54) is 60.7 Å². The fraction of sp³-hybridized carbons (Fsp3) is 0. The van der Waals surface area contributed by atoms with E-state index < -0.39 is 64.7 Å². The lowest BCUT2D eigenvalue weighted by Crippen LogP contribution is -2.14. The predicted molar refractivity (Wildman–Crippen MR) is 245 cm³/mol. The number of hydrogen-bond donors (Lipinski definition) is 6. The van der Waals surface area contributed by atoms with Crippen LogP contribution >= 0.6 is 63.7 Å². The average Bonchev–Trinajstić information content (AvgIpc) is 3.20. The molecular formula is C40H24Br4N6O10S2. The third-order valence-electron chi connectivity index (χ3n) is 8.92. The third kappa shape index (κ3) is 9.76. The van der Waals surface area contributed by atoms with Gasteiger partial charge in [0.15, 0.2) is 11.5 Å². The molecule has 0 aliphatic rings. The van der Waals surface area contributed by atoms with Crippen molar-refractivity contribution in [3.63, 3.8) is 0 Å². The van der Waals surface area contributed by atoms with E-state index in [0.717, 1.165) is 21.1 Å². The molecule has 62 heavy (non-hydrogen) atoms. The Morgan fingerprint density at radius 2 is 0.855 bits per heavy atom. The summed E-state index contributed by atoms with van der Waals surface area (Å²) < 4.78 is 72.0. The van der Waals surface area contributed by atoms with Crippen molar-refractivity contribution < 1.29 is 45.7 Å². The molecule has 0 atom stereocenters. The van der Waals surface area contributed by atoms with Gasteiger partial charge >= 0.3 is 0 Å². The zero-order valence-electron chi connectivity index (χ0n) is 30.7. The Balaban J connectivity index is 1.08. The predicted octanol–water partition coefficient (Wildman–Crippen LogP) is 12.3. The molecule has 0 aliphatic carbocycles. The maximum absolute atomic E-state index is 13.2. The monoisotopic (exact) mass is 1130 g/mol. The number of hydrogen-bond acceptors (Lipinski definition) is 12. The lowest BCUT2D eigenvalue weighted by molar-refractivity contribution is 0.101. The number of anilines is 2. The number of rotatable bonds is 10. The molecule has 16 nitrogen and oxygen atoms in total. The Morgan fingerprint density at radius 3 is 1.19 bits per heavy atom. The summed E-state index contributed by atoms with van der Waals surface area (Å²) in [6.45, 7) is 0. The summed E-state index contributed by atoms with van der Waals surface area (Å²) in [6, 6.07) is 26.1. The molecule has 0 unspecified atom stereocenters. The molecule has 0 aromatic heterocycles. The number of fused-ring (bicyclic) bond motifs is 2. The number of azo groups is 2. The first kappa shape index (κ1) is 44.6. The van der Waals surface area contributed by atoms with Crippen LogP contribution in [0.5, 0.6) is 11.5 Å². The van der Waals surface area contributed by atoms with E-state index in [9.17, 15) is 45.7 Å². The highest BCUT2D eigenvalue weighted by Crippen LogP contribution is 2.44. The van der Waals surface area contributed by atoms with Gasteiger partial charge in [-0.1, -0.05) is 31.9 Å². The lowest BCUT2D eigenvalue weighted by Gasteiger charge is -2.12. The normalized spacial score (nSPS) is 12.1. The number of carbonyl (C=O) groups excluding carboxylic acids is 2. The van der Waals surface area contributed by atoms with Crippen LogP contribution < -0.4 is 10.6 Å². The molecule has 7 aromatic carbocycles. The SMILES string of the molecule is O=C(Nc1ccc2c(O)c(N=Nc3ccc(Br)cc3Br)c(S(=O)(=O)O)cc2c1)c1ccc(C(=O)Nc2ccc3c(O)c(N=Nc4ccc(Br)cc4Br)c(S(=O)(=O)O)cc3c2)cc1. The van der Waals surface area contributed by atoms with Crippen molar-refractivity contribution in [1.29, 1.82) is 0 Å². The lowest BCUT2D eigenvalue weighted by atomic mass is 10.1. The van der Waals surface area contributed by atoms with Gasteiger partial charge in [0, 0.05) is 51.2 Å². The van der Waals surface area contributed by atoms with Gasteiger partial charge in [-0.2, -0.15) is 16.8 Å². The van der Waals surface area contributed by atoms with Crippen molar-refractivity contribution in [1.82, 2.24) is 0 Å². The third-order valence-corrected chi connectivity index (χ3v) is 12.9. The number of carbonyl (C=O) groups is 2. The van der Waals surface area contributed by atoms with E-state index in [-0.39, 0.29) is 44.0 Å². The van der Waals surface area contributed by atoms with Gasteiger partial charge in [-0.3, -0.25) is 18.7 Å². The van der Waals surface area contributed by atoms with Crippen LogP contribution in [0.25, 0.3) is 21.5 Å². The van der Waals surface area contributed by atoms with Crippen molar-refractivity contribution in [2.24, 2.45) is 20.5 Å². The largest absolute Gasteiger partial charge is 0.505 e. The Kier molecular flexibility index (Phi) is 12.7. The van der Waals surface area contributed by atoms with Crippen LogP contribution in [0.4, 0.5) is 34.1 Å². The Hall–Kier alpha value is -5.46. The molecular weight excluding hydrogens is 1110 g/mol. The smallest absolute Gasteiger partial charge is 0.296 e. The Bertz CT molecular complexity index is 3100. The highest BCUT2D eigenvalue weighted by atomic mass is 79.9. The number of amides is 2. The zero-order valence-corrected chi connectivity index (χ0v) is 38.7. The van der Waals surface area contributed by atoms with E-state index in [0.29, 0.717) is 20.3 Å². The molecule has 0 bridgehead atoms. The summed E-state index contributed by atoms with van der Waals surface area (Å²) in [6.07, 6.45) is 0. The van der Waals surface area contributed by atoms with Gasteiger partial charge < -0.3 is 20.8 Å². The van der Waals surface area contributed by atoms with Gasteiger partial charge in [0.1, 0.15) is 21.2 Å². The minimum Gasteiger partial charge on any atom is -0.505 e. The highest BCUT2D eigenvalue weighted by Gasteiger charge is 2.24. The molecule has 2 amide bonds. The molecule has 314 valence electrons. The molecule has 0 aliphatic heterocycles. The minimum atomic E-state index is -4.91. The van der Waals surface area contributed by atoms with E-state index in [2.05, 4.69) is 94.8 Å². The van der Waals surface area contributed by atoms with Crippen LogP contribution in [0.3, 0.4) is 0 Å². The van der Waals surface area contributed by atoms with Crippen molar-refractivity contribution in [3.8, 4) is 11.5 Å². The van der Waals surface area contributed by atoms with Crippen molar-refractivity contribution in [2.75, 3.05) is 10.6 Å². The molecule has 0 heterocycles. The van der Waals surface area contributed by atoms with Gasteiger partial charge in [-0.15, -0.1) is 20.5 Å². The van der Waals surface area contributed by atoms with Gasteiger partial charge in [-0.25, -0.2) is 0 Å². The Labute approximate surface area is 384 Å². The summed E-state index contributed by atoms with van der Waals surface area (Å²) >= 11 is 13.3. The second kappa shape index (κ2) is 17.7. The molecule has 7 rings (SSSR count). The van der Waals surface area contributed by atoms with E-state index in [4.69, 9.17) is 0 Å². The van der Waals surface area contributed by atoms with Crippen LogP contribution in [-0.2, 0) is 20.2 Å². The van der Waals surface area contributed by atoms with Gasteiger partial charge in [-0.05, 0) is 152 Å². The summed E-state index contributed by atoms with van der Waals surface area (Å²) in [7, 11) is -9.83. The number of phenols is 2. The molecule has 22 heteroatoms. The molecule has 6 N–H and O–H groups in total. The molecule has 7 aromatic rings. The fourth-order valence-electron chi connectivity index (χ4n) is 5.96. The molecule has 0 fully saturated rings. The summed E-state index contributed by atoms with van der Waals surface area (Å²) in [5.74, 6) is -2.37. The standard InChI is InChI=1S/C40H24Br4N6O10S2/c41-23-5-11-31(29(43)17-23)47-49-35-33(61(55,56)57)15-21-13-25(7-9-27(21)37(35)51)45-39(53)19-1-2-20(4-3-19)40(54)46-26-8-10-28-22(14-26)16-34(62(58,59)60)36(38(28)52)50-48-32-12-6-24(42)18-30(32)44/h1-18,51-52H,(H,45,53)(H,46,54)(H,55,56,57)(H,58,59,60). The molecule has 0 spiro atoms. The van der Waals surface area contributed by atoms with Crippen molar-refractivity contribution in [2.45, 2.75) is 9.79 Å². The number of nitrogens with zero attached hydrogens (tertiary/aromatic N) is 4. The zero-order chi connectivity index (χ0) is 44.7. The van der Waals surface area contributed by atoms with E-state index in [1.807, 2.05) is 0 Å². The fourth-order valence-corrected chi connectivity index (χ4v) is 9.53. The quantitative estimate of drug-likeness (QED) is 0.0557. The number of phenolic OH excluding ortho intramolecular Hbond substituents is 2. The minimum absolute atomic E-state index is 0.136.